The van der Waals surface area contributed by atoms with E-state index >= 15 is 0 Å². The number of hydrogen-bond donors (Lipinski definition) is 2. The summed E-state index contributed by atoms with van der Waals surface area (Å²) in [7, 11) is 0. The Hall–Kier alpha value is -0.680. The van der Waals surface area contributed by atoms with Gasteiger partial charge in [0.25, 0.3) is 0 Å². The van der Waals surface area contributed by atoms with Crippen molar-refractivity contribution in [1.82, 2.24) is 10.2 Å². The minimum atomic E-state index is 0.380. The summed E-state index contributed by atoms with van der Waals surface area (Å²) in [4.78, 5) is 0. The highest BCUT2D eigenvalue weighted by molar-refractivity contribution is 7.13. The molecular weight excluding hydrogens is 196 g/mol. The van der Waals surface area contributed by atoms with E-state index in [2.05, 4.69) is 15.5 Å². The molecule has 78 valence electrons. The molecule has 14 heavy (non-hydrogen) atoms. The maximum Gasteiger partial charge on any atom is 0.205 e. The summed E-state index contributed by atoms with van der Waals surface area (Å²) in [5.74, 6) is 0.726. The van der Waals surface area contributed by atoms with Gasteiger partial charge in [0, 0.05) is 12.6 Å². The van der Waals surface area contributed by atoms with Crippen LogP contribution in [0.2, 0.25) is 0 Å². The minimum absolute atomic E-state index is 0.380. The third-order valence-corrected chi connectivity index (χ3v) is 3.51. The van der Waals surface area contributed by atoms with Gasteiger partial charge in [-0.1, -0.05) is 24.2 Å². The number of nitrogens with two attached hydrogens (primary N) is 1. The zero-order valence-electron chi connectivity index (χ0n) is 8.15. The molecule has 1 aliphatic carbocycles. The highest BCUT2D eigenvalue weighted by atomic mass is 32.1. The van der Waals surface area contributed by atoms with Crippen LogP contribution < -0.4 is 11.1 Å². The number of rotatable bonds is 4. The van der Waals surface area contributed by atoms with Gasteiger partial charge in [-0.3, -0.25) is 0 Å². The Morgan fingerprint density at radius 3 is 2.93 bits per heavy atom. The highest BCUT2D eigenvalue weighted by Gasteiger charge is 2.24. The molecule has 0 radical (unpaired) electrons. The smallest absolute Gasteiger partial charge is 0.205 e. The summed E-state index contributed by atoms with van der Waals surface area (Å²) in [6, 6.07) is 0.380. The molecule has 2 rings (SSSR count). The van der Waals surface area contributed by atoms with E-state index in [0.717, 1.165) is 11.0 Å². The van der Waals surface area contributed by atoms with Crippen molar-refractivity contribution in [1.29, 1.82) is 0 Å². The van der Waals surface area contributed by atoms with Crippen LogP contribution >= 0.6 is 11.3 Å². The Labute approximate surface area is 87.9 Å². The average molecular weight is 212 g/mol. The summed E-state index contributed by atoms with van der Waals surface area (Å²) in [5.41, 5.74) is 7.50. The third kappa shape index (κ3) is 2.22. The molecule has 0 aromatic carbocycles. The van der Waals surface area contributed by atoms with Crippen LogP contribution in [-0.4, -0.2) is 22.8 Å². The maximum absolute atomic E-state index is 5.76. The van der Waals surface area contributed by atoms with E-state index in [1.807, 2.05) is 0 Å². The van der Waals surface area contributed by atoms with Crippen LogP contribution in [0.1, 0.15) is 25.7 Å². The van der Waals surface area contributed by atoms with Crippen molar-refractivity contribution in [3.63, 3.8) is 0 Å². The van der Waals surface area contributed by atoms with Crippen LogP contribution in [0.15, 0.2) is 5.51 Å². The van der Waals surface area contributed by atoms with Crippen molar-refractivity contribution >= 4 is 16.5 Å². The van der Waals surface area contributed by atoms with E-state index in [1.54, 1.807) is 5.51 Å². The van der Waals surface area contributed by atoms with Gasteiger partial charge >= 0.3 is 0 Å². The zero-order valence-corrected chi connectivity index (χ0v) is 8.96. The SMILES string of the molecule is NCC(Nc1nncs1)C1CCCC1. The molecule has 1 aromatic heterocycles. The van der Waals surface area contributed by atoms with Gasteiger partial charge in [-0.25, -0.2) is 0 Å². The van der Waals surface area contributed by atoms with Crippen LogP contribution in [0.5, 0.6) is 0 Å². The Kier molecular flexibility index (Phi) is 3.31. The van der Waals surface area contributed by atoms with Crippen molar-refractivity contribution in [3.8, 4) is 0 Å². The molecule has 1 fully saturated rings. The molecule has 1 aliphatic rings. The second-order valence-corrected chi connectivity index (χ2v) is 4.61. The summed E-state index contributed by atoms with van der Waals surface area (Å²) in [5, 5.41) is 12.0. The van der Waals surface area contributed by atoms with Crippen molar-refractivity contribution < 1.29 is 0 Å². The standard InChI is InChI=1S/C9H16N4S/c10-5-8(7-3-1-2-4-7)12-9-13-11-6-14-9/h6-8H,1-5,10H2,(H,12,13). The summed E-state index contributed by atoms with van der Waals surface area (Å²) in [6.07, 6.45) is 5.29. The Morgan fingerprint density at radius 1 is 1.57 bits per heavy atom. The van der Waals surface area contributed by atoms with E-state index in [9.17, 15) is 0 Å². The van der Waals surface area contributed by atoms with Crippen LogP contribution in [0.25, 0.3) is 0 Å². The number of anilines is 1. The molecule has 1 aromatic rings. The fourth-order valence-electron chi connectivity index (χ4n) is 2.12. The molecular formula is C9H16N4S. The van der Waals surface area contributed by atoms with Crippen molar-refractivity contribution in [2.45, 2.75) is 31.7 Å². The van der Waals surface area contributed by atoms with Gasteiger partial charge in [0.2, 0.25) is 5.13 Å². The predicted molar refractivity (Wildman–Crippen MR) is 58.3 cm³/mol. The van der Waals surface area contributed by atoms with Gasteiger partial charge in [0.1, 0.15) is 5.51 Å². The number of nitrogens with one attached hydrogen (secondary N) is 1. The molecule has 0 amide bonds. The topological polar surface area (TPSA) is 63.8 Å². The molecule has 5 heteroatoms. The van der Waals surface area contributed by atoms with Crippen LogP contribution in [0, 0.1) is 5.92 Å². The van der Waals surface area contributed by atoms with E-state index in [1.165, 1.54) is 37.0 Å². The van der Waals surface area contributed by atoms with Crippen LogP contribution in [-0.2, 0) is 0 Å². The Balaban J connectivity index is 1.92. The number of aromatic nitrogens is 2. The van der Waals surface area contributed by atoms with Crippen LogP contribution in [0.4, 0.5) is 5.13 Å². The van der Waals surface area contributed by atoms with Crippen molar-refractivity contribution in [2.24, 2.45) is 11.7 Å². The minimum Gasteiger partial charge on any atom is -0.356 e. The van der Waals surface area contributed by atoms with Gasteiger partial charge in [0.05, 0.1) is 0 Å². The molecule has 1 unspecified atom stereocenters. The predicted octanol–water partition coefficient (Wildman–Crippen LogP) is 1.47. The first-order chi connectivity index (χ1) is 6.90. The molecule has 1 atom stereocenters. The summed E-state index contributed by atoms with van der Waals surface area (Å²) >= 11 is 1.54. The van der Waals surface area contributed by atoms with E-state index in [-0.39, 0.29) is 0 Å². The largest absolute Gasteiger partial charge is 0.356 e. The number of hydrogen-bond acceptors (Lipinski definition) is 5. The zero-order chi connectivity index (χ0) is 9.80. The van der Waals surface area contributed by atoms with Gasteiger partial charge in [-0.2, -0.15) is 0 Å². The fraction of sp³-hybridized carbons (Fsp3) is 0.778. The summed E-state index contributed by atoms with van der Waals surface area (Å²) in [6.45, 7) is 0.685. The van der Waals surface area contributed by atoms with Gasteiger partial charge < -0.3 is 11.1 Å². The summed E-state index contributed by atoms with van der Waals surface area (Å²) < 4.78 is 0. The molecule has 0 saturated heterocycles. The lowest BCUT2D eigenvalue weighted by molar-refractivity contribution is 0.462. The molecule has 4 nitrogen and oxygen atoms in total. The van der Waals surface area contributed by atoms with Gasteiger partial charge in [-0.05, 0) is 18.8 Å². The third-order valence-electron chi connectivity index (χ3n) is 2.89. The number of nitrogens with zero attached hydrogens (tertiary/aromatic N) is 2. The fourth-order valence-corrected chi connectivity index (χ4v) is 2.63. The quantitative estimate of drug-likeness (QED) is 0.793. The molecule has 3 N–H and O–H groups in total. The highest BCUT2D eigenvalue weighted by Crippen LogP contribution is 2.29. The Morgan fingerprint density at radius 2 is 2.36 bits per heavy atom. The lowest BCUT2D eigenvalue weighted by atomic mass is 9.98. The second kappa shape index (κ2) is 4.70. The molecule has 0 aliphatic heterocycles. The van der Waals surface area contributed by atoms with E-state index in [0.29, 0.717) is 12.6 Å². The maximum atomic E-state index is 5.76. The lowest BCUT2D eigenvalue weighted by Gasteiger charge is -2.22. The Bertz CT molecular complexity index is 256. The lowest BCUT2D eigenvalue weighted by Crippen LogP contribution is -2.35. The van der Waals surface area contributed by atoms with Gasteiger partial charge in [0.15, 0.2) is 0 Å². The first-order valence-electron chi connectivity index (χ1n) is 5.13. The van der Waals surface area contributed by atoms with Gasteiger partial charge in [-0.15, -0.1) is 10.2 Å². The first-order valence-corrected chi connectivity index (χ1v) is 6.01. The van der Waals surface area contributed by atoms with Crippen LogP contribution in [0.3, 0.4) is 0 Å². The molecule has 1 heterocycles. The van der Waals surface area contributed by atoms with E-state index < -0.39 is 0 Å². The first kappa shape index (κ1) is 9.86. The normalized spacial score (nSPS) is 19.8. The second-order valence-electron chi connectivity index (χ2n) is 3.77. The monoisotopic (exact) mass is 212 g/mol. The van der Waals surface area contributed by atoms with Crippen molar-refractivity contribution in [3.05, 3.63) is 5.51 Å². The molecule has 1 saturated carbocycles. The molecule has 0 spiro atoms. The van der Waals surface area contributed by atoms with Crippen molar-refractivity contribution in [2.75, 3.05) is 11.9 Å². The van der Waals surface area contributed by atoms with E-state index in [4.69, 9.17) is 5.73 Å². The average Bonchev–Trinajstić information content (AvgIpc) is 2.86. The molecule has 0 bridgehead atoms.